The fourth-order valence-corrected chi connectivity index (χ4v) is 3.69. The van der Waals surface area contributed by atoms with Crippen molar-refractivity contribution in [3.63, 3.8) is 0 Å². The number of benzene rings is 2. The van der Waals surface area contributed by atoms with Gasteiger partial charge in [0.15, 0.2) is 10.9 Å². The van der Waals surface area contributed by atoms with E-state index in [0.29, 0.717) is 12.1 Å². The highest BCUT2D eigenvalue weighted by molar-refractivity contribution is 9.10. The molecule has 128 valence electrons. The summed E-state index contributed by atoms with van der Waals surface area (Å²) in [6.45, 7) is 4.54. The molecule has 0 aliphatic rings. The summed E-state index contributed by atoms with van der Waals surface area (Å²) in [6, 6.07) is 17.6. The normalized spacial score (nSPS) is 12.1. The lowest BCUT2D eigenvalue weighted by Gasteiger charge is -2.12. The first-order valence-electron chi connectivity index (χ1n) is 7.95. The minimum Gasteiger partial charge on any atom is -0.302 e. The molecule has 1 heterocycles. The maximum Gasteiger partial charge on any atom is 0.192 e. The molecule has 0 bridgehead atoms. The molecule has 1 atom stereocenters. The number of Topliss-reactive ketones (excluding diaryl/α,β-unsaturated/α-hetero) is 1. The maximum absolute atomic E-state index is 12.6. The Hall–Kier alpha value is -1.92. The van der Waals surface area contributed by atoms with E-state index in [1.165, 1.54) is 17.3 Å². The Labute approximate surface area is 159 Å². The van der Waals surface area contributed by atoms with E-state index in [0.717, 1.165) is 15.5 Å². The molecule has 2 aromatic carbocycles. The molecule has 6 heteroatoms. The average Bonchev–Trinajstić information content (AvgIpc) is 2.96. The number of nitrogens with zero attached hydrogens (tertiary/aromatic N) is 3. The molecule has 3 aromatic rings. The predicted octanol–water partition coefficient (Wildman–Crippen LogP) is 4.76. The van der Waals surface area contributed by atoms with Crippen molar-refractivity contribution in [1.82, 2.24) is 14.8 Å². The zero-order valence-electron chi connectivity index (χ0n) is 14.0. The first kappa shape index (κ1) is 17.9. The third kappa shape index (κ3) is 4.38. The van der Waals surface area contributed by atoms with E-state index in [1.807, 2.05) is 60.9 Å². The van der Waals surface area contributed by atoms with Crippen LogP contribution in [0.4, 0.5) is 0 Å². The van der Waals surface area contributed by atoms with E-state index in [9.17, 15) is 4.79 Å². The SMILES string of the molecule is Cc1nnc(S[C@H](C)C(=O)c2ccc(Br)cc2)n1Cc1ccccc1. The smallest absolute Gasteiger partial charge is 0.192 e. The Balaban J connectivity index is 1.76. The van der Waals surface area contributed by atoms with E-state index < -0.39 is 0 Å². The Morgan fingerprint density at radius 3 is 2.48 bits per heavy atom. The van der Waals surface area contributed by atoms with Crippen LogP contribution in [0.1, 0.15) is 28.7 Å². The summed E-state index contributed by atoms with van der Waals surface area (Å²) >= 11 is 4.84. The zero-order chi connectivity index (χ0) is 17.8. The molecule has 4 nitrogen and oxygen atoms in total. The Morgan fingerprint density at radius 2 is 1.80 bits per heavy atom. The summed E-state index contributed by atoms with van der Waals surface area (Å²) in [4.78, 5) is 12.6. The lowest BCUT2D eigenvalue weighted by Crippen LogP contribution is -2.15. The monoisotopic (exact) mass is 415 g/mol. The van der Waals surface area contributed by atoms with Crippen LogP contribution in [0.2, 0.25) is 0 Å². The number of carbonyl (C=O) groups excluding carboxylic acids is 1. The maximum atomic E-state index is 12.6. The zero-order valence-corrected chi connectivity index (χ0v) is 16.4. The fraction of sp³-hybridized carbons (Fsp3) is 0.211. The number of halogens is 1. The van der Waals surface area contributed by atoms with Gasteiger partial charge >= 0.3 is 0 Å². The number of ketones is 1. The Bertz CT molecular complexity index is 862. The predicted molar refractivity (Wildman–Crippen MR) is 104 cm³/mol. The number of carbonyl (C=O) groups is 1. The molecule has 0 saturated heterocycles. The number of hydrogen-bond donors (Lipinski definition) is 0. The molecular formula is C19H18BrN3OS. The van der Waals surface area contributed by atoms with Gasteiger partial charge < -0.3 is 4.57 Å². The first-order chi connectivity index (χ1) is 12.0. The van der Waals surface area contributed by atoms with E-state index in [2.05, 4.69) is 38.3 Å². The molecule has 0 N–H and O–H groups in total. The molecular weight excluding hydrogens is 398 g/mol. The number of thioether (sulfide) groups is 1. The topological polar surface area (TPSA) is 47.8 Å². The van der Waals surface area contributed by atoms with Crippen molar-refractivity contribution in [2.45, 2.75) is 30.8 Å². The van der Waals surface area contributed by atoms with Crippen molar-refractivity contribution < 1.29 is 4.79 Å². The molecule has 0 unspecified atom stereocenters. The molecule has 0 aliphatic heterocycles. The summed E-state index contributed by atoms with van der Waals surface area (Å²) in [5.41, 5.74) is 1.88. The van der Waals surface area contributed by atoms with Crippen molar-refractivity contribution in [2.75, 3.05) is 0 Å². The highest BCUT2D eigenvalue weighted by Crippen LogP contribution is 2.26. The number of hydrogen-bond acceptors (Lipinski definition) is 4. The quantitative estimate of drug-likeness (QED) is 0.430. The van der Waals surface area contributed by atoms with Crippen molar-refractivity contribution in [3.8, 4) is 0 Å². The second-order valence-electron chi connectivity index (χ2n) is 5.73. The molecule has 25 heavy (non-hydrogen) atoms. The van der Waals surface area contributed by atoms with Crippen LogP contribution >= 0.6 is 27.7 Å². The summed E-state index contributed by atoms with van der Waals surface area (Å²) < 4.78 is 3.01. The first-order valence-corrected chi connectivity index (χ1v) is 9.62. The van der Waals surface area contributed by atoms with Gasteiger partial charge in [-0.2, -0.15) is 0 Å². The second kappa shape index (κ2) is 7.97. The lowest BCUT2D eigenvalue weighted by atomic mass is 10.1. The standard InChI is InChI=1S/C19H18BrN3OS/c1-13(18(24)16-8-10-17(20)11-9-16)25-19-22-21-14(2)23(19)12-15-6-4-3-5-7-15/h3-11,13H,12H2,1-2H3/t13-/m1/s1. The van der Waals surface area contributed by atoms with Crippen molar-refractivity contribution in [2.24, 2.45) is 0 Å². The van der Waals surface area contributed by atoms with Gasteiger partial charge in [-0.25, -0.2) is 0 Å². The van der Waals surface area contributed by atoms with E-state index in [4.69, 9.17) is 0 Å². The third-order valence-electron chi connectivity index (χ3n) is 3.87. The largest absolute Gasteiger partial charge is 0.302 e. The molecule has 0 saturated carbocycles. The summed E-state index contributed by atoms with van der Waals surface area (Å²) in [5, 5.41) is 8.97. The summed E-state index contributed by atoms with van der Waals surface area (Å²) in [6.07, 6.45) is 0. The number of aromatic nitrogens is 3. The van der Waals surface area contributed by atoms with E-state index in [1.54, 1.807) is 0 Å². The molecule has 0 spiro atoms. The van der Waals surface area contributed by atoms with Crippen LogP contribution < -0.4 is 0 Å². The second-order valence-corrected chi connectivity index (χ2v) is 7.96. The Morgan fingerprint density at radius 1 is 1.12 bits per heavy atom. The molecule has 3 rings (SSSR count). The van der Waals surface area contributed by atoms with Crippen LogP contribution in [-0.2, 0) is 6.54 Å². The summed E-state index contributed by atoms with van der Waals surface area (Å²) in [5.74, 6) is 0.930. The van der Waals surface area contributed by atoms with Crippen molar-refractivity contribution in [1.29, 1.82) is 0 Å². The number of rotatable bonds is 6. The highest BCUT2D eigenvalue weighted by atomic mass is 79.9. The third-order valence-corrected chi connectivity index (χ3v) is 5.47. The molecule has 1 aromatic heterocycles. The van der Waals surface area contributed by atoms with Gasteiger partial charge in [0, 0.05) is 10.0 Å². The van der Waals surface area contributed by atoms with Gasteiger partial charge in [-0.1, -0.05) is 70.2 Å². The van der Waals surface area contributed by atoms with Crippen LogP contribution in [0, 0.1) is 6.92 Å². The molecule has 0 radical (unpaired) electrons. The van der Waals surface area contributed by atoms with Crippen LogP contribution in [0.5, 0.6) is 0 Å². The number of aryl methyl sites for hydroxylation is 1. The highest BCUT2D eigenvalue weighted by Gasteiger charge is 2.20. The van der Waals surface area contributed by atoms with Gasteiger partial charge in [0.1, 0.15) is 5.82 Å². The van der Waals surface area contributed by atoms with Gasteiger partial charge in [-0.05, 0) is 31.5 Å². The van der Waals surface area contributed by atoms with Crippen LogP contribution in [0.25, 0.3) is 0 Å². The minimum absolute atomic E-state index is 0.0874. The van der Waals surface area contributed by atoms with Gasteiger partial charge in [0.05, 0.1) is 11.8 Å². The van der Waals surface area contributed by atoms with Crippen LogP contribution in [0.3, 0.4) is 0 Å². The van der Waals surface area contributed by atoms with Gasteiger partial charge in [0.25, 0.3) is 0 Å². The summed E-state index contributed by atoms with van der Waals surface area (Å²) in [7, 11) is 0. The van der Waals surface area contributed by atoms with E-state index >= 15 is 0 Å². The Kier molecular flexibility index (Phi) is 5.71. The van der Waals surface area contributed by atoms with Gasteiger partial charge in [0.2, 0.25) is 0 Å². The molecule has 0 aliphatic carbocycles. The van der Waals surface area contributed by atoms with Crippen LogP contribution in [-0.4, -0.2) is 25.8 Å². The van der Waals surface area contributed by atoms with Gasteiger partial charge in [-0.15, -0.1) is 10.2 Å². The fourth-order valence-electron chi connectivity index (χ4n) is 2.46. The lowest BCUT2D eigenvalue weighted by molar-refractivity contribution is 0.0994. The van der Waals surface area contributed by atoms with Gasteiger partial charge in [-0.3, -0.25) is 4.79 Å². The molecule has 0 fully saturated rings. The molecule has 0 amide bonds. The average molecular weight is 416 g/mol. The van der Waals surface area contributed by atoms with E-state index in [-0.39, 0.29) is 11.0 Å². The van der Waals surface area contributed by atoms with Crippen LogP contribution in [0.15, 0.2) is 64.2 Å². The van der Waals surface area contributed by atoms with Crippen molar-refractivity contribution >= 4 is 33.5 Å². The minimum atomic E-state index is -0.237. The van der Waals surface area contributed by atoms with Crippen molar-refractivity contribution in [3.05, 3.63) is 76.0 Å².